The van der Waals surface area contributed by atoms with Gasteiger partial charge in [0, 0.05) is 0 Å². The van der Waals surface area contributed by atoms with Gasteiger partial charge >= 0.3 is 6.61 Å². The maximum absolute atomic E-state index is 12.6. The van der Waals surface area contributed by atoms with Crippen molar-refractivity contribution in [2.24, 2.45) is 0 Å². The average molecular weight is 401 g/mol. The molecule has 0 aliphatic carbocycles. The van der Waals surface area contributed by atoms with Crippen LogP contribution in [0.5, 0.6) is 11.5 Å². The smallest absolute Gasteiger partial charge is 0.387 e. The molecule has 0 fully saturated rings. The Morgan fingerprint density at radius 2 is 1.69 bits per heavy atom. The Balaban J connectivity index is 1.67. The van der Waals surface area contributed by atoms with Gasteiger partial charge in [-0.15, -0.1) is 0 Å². The summed E-state index contributed by atoms with van der Waals surface area (Å²) in [5, 5.41) is 2.53. The molecule has 0 aliphatic heterocycles. The van der Waals surface area contributed by atoms with E-state index in [4.69, 9.17) is 9.15 Å². The number of carbonyl (C=O) groups is 1. The van der Waals surface area contributed by atoms with Crippen LogP contribution in [0.4, 0.5) is 14.5 Å². The summed E-state index contributed by atoms with van der Waals surface area (Å²) in [6, 6.07) is 13.6. The van der Waals surface area contributed by atoms with Crippen molar-refractivity contribution in [3.63, 3.8) is 0 Å². The normalized spacial score (nSPS) is 10.8. The largest absolute Gasteiger partial charge is 0.485 e. The van der Waals surface area contributed by atoms with Crippen molar-refractivity contribution in [3.8, 4) is 11.5 Å². The summed E-state index contributed by atoms with van der Waals surface area (Å²) < 4.78 is 41.0. The summed E-state index contributed by atoms with van der Waals surface area (Å²) >= 11 is 0. The number of anilines is 1. The van der Waals surface area contributed by atoms with Gasteiger partial charge in [0.15, 0.2) is 5.76 Å². The number of carbonyl (C=O) groups excluding carboxylic acids is 1. The molecule has 0 saturated carbocycles. The van der Waals surface area contributed by atoms with Crippen LogP contribution in [-0.4, -0.2) is 12.5 Å². The molecular formula is C22H21F2NO4. The Hall–Kier alpha value is -3.35. The van der Waals surface area contributed by atoms with Crippen LogP contribution < -0.4 is 14.8 Å². The number of rotatable bonds is 7. The molecule has 3 aromatic rings. The summed E-state index contributed by atoms with van der Waals surface area (Å²) in [6.07, 6.45) is 0. The van der Waals surface area contributed by atoms with Gasteiger partial charge < -0.3 is 19.2 Å². The fourth-order valence-electron chi connectivity index (χ4n) is 2.70. The number of ether oxygens (including phenoxy) is 2. The monoisotopic (exact) mass is 401 g/mol. The van der Waals surface area contributed by atoms with Crippen molar-refractivity contribution in [1.82, 2.24) is 0 Å². The van der Waals surface area contributed by atoms with Crippen LogP contribution in [0.15, 0.2) is 52.9 Å². The van der Waals surface area contributed by atoms with Gasteiger partial charge in [0.25, 0.3) is 5.91 Å². The maximum Gasteiger partial charge on any atom is 0.387 e. The van der Waals surface area contributed by atoms with Gasteiger partial charge in [-0.3, -0.25) is 4.79 Å². The minimum Gasteiger partial charge on any atom is -0.485 e. The molecule has 0 spiro atoms. The minimum atomic E-state index is -3.00. The zero-order valence-electron chi connectivity index (χ0n) is 16.3. The second kappa shape index (κ2) is 8.77. The van der Waals surface area contributed by atoms with Gasteiger partial charge in [0.05, 0.1) is 5.69 Å². The lowest BCUT2D eigenvalue weighted by Gasteiger charge is -2.12. The van der Waals surface area contributed by atoms with E-state index in [1.165, 1.54) is 18.2 Å². The SMILES string of the molecule is Cc1ccc(C)c(OCc2ccc(C(=O)Nc3ccc(C)cc3OC(F)F)o2)c1. The molecule has 0 atom stereocenters. The molecule has 7 heteroatoms. The van der Waals surface area contributed by atoms with Gasteiger partial charge in [-0.1, -0.05) is 18.2 Å². The summed E-state index contributed by atoms with van der Waals surface area (Å²) in [6.45, 7) is 2.81. The molecule has 0 unspecified atom stereocenters. The van der Waals surface area contributed by atoms with Crippen LogP contribution in [0.25, 0.3) is 0 Å². The van der Waals surface area contributed by atoms with Crippen LogP contribution in [0.1, 0.15) is 33.0 Å². The van der Waals surface area contributed by atoms with Crippen LogP contribution >= 0.6 is 0 Å². The Morgan fingerprint density at radius 3 is 2.41 bits per heavy atom. The van der Waals surface area contributed by atoms with Crippen LogP contribution in [-0.2, 0) is 6.61 Å². The molecular weight excluding hydrogens is 380 g/mol. The number of furan rings is 1. The van der Waals surface area contributed by atoms with Crippen molar-refractivity contribution in [2.45, 2.75) is 34.0 Å². The number of aryl methyl sites for hydroxylation is 3. The predicted octanol–water partition coefficient (Wildman–Crippen LogP) is 5.64. The van der Waals surface area contributed by atoms with Gasteiger partial charge in [0.1, 0.15) is 23.9 Å². The van der Waals surface area contributed by atoms with Crippen LogP contribution in [0.2, 0.25) is 0 Å². The number of benzene rings is 2. The number of amides is 1. The first-order valence-corrected chi connectivity index (χ1v) is 8.97. The second-order valence-electron chi connectivity index (χ2n) is 6.66. The number of hydrogen-bond donors (Lipinski definition) is 1. The molecule has 5 nitrogen and oxygen atoms in total. The van der Waals surface area contributed by atoms with E-state index >= 15 is 0 Å². The molecule has 1 N–H and O–H groups in total. The zero-order valence-corrected chi connectivity index (χ0v) is 16.3. The fraction of sp³-hybridized carbons (Fsp3) is 0.227. The van der Waals surface area contributed by atoms with Crippen LogP contribution in [0, 0.1) is 20.8 Å². The average Bonchev–Trinajstić information content (AvgIpc) is 3.13. The first-order valence-electron chi connectivity index (χ1n) is 8.97. The number of hydrogen-bond acceptors (Lipinski definition) is 4. The van der Waals surface area contributed by atoms with Crippen molar-refractivity contribution in [2.75, 3.05) is 5.32 Å². The molecule has 0 radical (unpaired) electrons. The number of halogens is 2. The van der Waals surface area contributed by atoms with Crippen molar-refractivity contribution >= 4 is 11.6 Å². The fourth-order valence-corrected chi connectivity index (χ4v) is 2.70. The van der Waals surface area contributed by atoms with E-state index in [1.807, 2.05) is 32.0 Å². The van der Waals surface area contributed by atoms with E-state index < -0.39 is 12.5 Å². The van der Waals surface area contributed by atoms with Crippen LogP contribution in [0.3, 0.4) is 0 Å². The zero-order chi connectivity index (χ0) is 21.0. The molecule has 3 rings (SSSR count). The van der Waals surface area contributed by atoms with Crippen molar-refractivity contribution in [3.05, 3.63) is 76.7 Å². The third kappa shape index (κ3) is 5.34. The van der Waals surface area contributed by atoms with E-state index in [1.54, 1.807) is 19.1 Å². The molecule has 0 saturated heterocycles. The second-order valence-corrected chi connectivity index (χ2v) is 6.66. The standard InChI is InChI=1S/C22H21F2NO4/c1-13-4-6-15(3)19(10-13)27-12-16-7-9-18(28-16)21(26)25-17-8-5-14(2)11-20(17)29-22(23)24/h4-11,22H,12H2,1-3H3,(H,25,26). The van der Waals surface area contributed by atoms with Crippen molar-refractivity contribution < 1.29 is 27.5 Å². The van der Waals surface area contributed by atoms with E-state index in [9.17, 15) is 13.6 Å². The Labute approximate surface area is 167 Å². The quantitative estimate of drug-likeness (QED) is 0.557. The lowest BCUT2D eigenvalue weighted by Crippen LogP contribution is -2.13. The molecule has 1 heterocycles. The first kappa shape index (κ1) is 20.4. The third-order valence-corrected chi connectivity index (χ3v) is 4.20. The summed E-state index contributed by atoms with van der Waals surface area (Å²) in [7, 11) is 0. The Kier molecular flexibility index (Phi) is 6.16. The lowest BCUT2D eigenvalue weighted by atomic mass is 10.1. The highest BCUT2D eigenvalue weighted by molar-refractivity contribution is 6.03. The molecule has 2 aromatic carbocycles. The summed E-state index contributed by atoms with van der Waals surface area (Å²) in [5.41, 5.74) is 2.92. The molecule has 29 heavy (non-hydrogen) atoms. The van der Waals surface area contributed by atoms with Gasteiger partial charge in [0.2, 0.25) is 0 Å². The number of nitrogens with one attached hydrogen (secondary N) is 1. The Morgan fingerprint density at radius 1 is 1.00 bits per heavy atom. The Bertz CT molecular complexity index is 1010. The molecule has 152 valence electrons. The molecule has 1 amide bonds. The van der Waals surface area contributed by atoms with Gasteiger partial charge in [-0.2, -0.15) is 8.78 Å². The molecule has 0 aliphatic rings. The van der Waals surface area contributed by atoms with E-state index in [-0.39, 0.29) is 23.8 Å². The van der Waals surface area contributed by atoms with E-state index in [2.05, 4.69) is 10.1 Å². The van der Waals surface area contributed by atoms with Gasteiger partial charge in [-0.25, -0.2) is 0 Å². The lowest BCUT2D eigenvalue weighted by molar-refractivity contribution is -0.0494. The van der Waals surface area contributed by atoms with Crippen molar-refractivity contribution in [1.29, 1.82) is 0 Å². The molecule has 0 bridgehead atoms. The summed E-state index contributed by atoms with van der Waals surface area (Å²) in [4.78, 5) is 12.4. The highest BCUT2D eigenvalue weighted by Gasteiger charge is 2.16. The highest BCUT2D eigenvalue weighted by Crippen LogP contribution is 2.28. The summed E-state index contributed by atoms with van der Waals surface area (Å²) in [5.74, 6) is 0.544. The van der Waals surface area contributed by atoms with E-state index in [0.717, 1.165) is 22.4 Å². The maximum atomic E-state index is 12.6. The van der Waals surface area contributed by atoms with E-state index in [0.29, 0.717) is 5.76 Å². The third-order valence-electron chi connectivity index (χ3n) is 4.20. The number of alkyl halides is 2. The first-order chi connectivity index (χ1) is 13.8. The highest BCUT2D eigenvalue weighted by atomic mass is 19.3. The predicted molar refractivity (Wildman–Crippen MR) is 105 cm³/mol. The minimum absolute atomic E-state index is 0.0353. The topological polar surface area (TPSA) is 60.7 Å². The molecule has 1 aromatic heterocycles. The van der Waals surface area contributed by atoms with Gasteiger partial charge in [-0.05, 0) is 67.8 Å².